The van der Waals surface area contributed by atoms with Gasteiger partial charge in [-0.2, -0.15) is 0 Å². The molecule has 22 heavy (non-hydrogen) atoms. The molecule has 0 aliphatic rings. The fraction of sp³-hybridized carbons (Fsp3) is 0.316. The number of carbonyl (C=O) groups excluding carboxylic acids is 1. The number of nitrogens with zero attached hydrogens (tertiary/aromatic N) is 1. The van der Waals surface area contributed by atoms with E-state index in [1.165, 1.54) is 5.56 Å². The number of urea groups is 1. The van der Waals surface area contributed by atoms with Gasteiger partial charge in [0.1, 0.15) is 0 Å². The molecule has 0 saturated carbocycles. The van der Waals surface area contributed by atoms with E-state index in [9.17, 15) is 4.79 Å². The van der Waals surface area contributed by atoms with Crippen LogP contribution >= 0.6 is 0 Å². The first-order valence-corrected chi connectivity index (χ1v) is 7.91. The Kier molecular flexibility index (Phi) is 6.01. The maximum absolute atomic E-state index is 12.4. The van der Waals surface area contributed by atoms with Crippen LogP contribution in [-0.2, 0) is 13.0 Å². The number of carbonyl (C=O) groups is 1. The SMILES string of the molecule is CCCc1ccc(NC(=O)N(CC)Cc2ccccc2)cc1. The Hall–Kier alpha value is -2.29. The molecule has 0 atom stereocenters. The normalized spacial score (nSPS) is 10.3. The highest BCUT2D eigenvalue weighted by Gasteiger charge is 2.12. The van der Waals surface area contributed by atoms with E-state index in [4.69, 9.17) is 0 Å². The van der Waals surface area contributed by atoms with Crippen LogP contribution in [0.2, 0.25) is 0 Å². The zero-order valence-electron chi connectivity index (χ0n) is 13.4. The summed E-state index contributed by atoms with van der Waals surface area (Å²) >= 11 is 0. The second-order valence-electron chi connectivity index (χ2n) is 5.38. The van der Waals surface area contributed by atoms with Crippen molar-refractivity contribution in [2.24, 2.45) is 0 Å². The largest absolute Gasteiger partial charge is 0.322 e. The third-order valence-electron chi connectivity index (χ3n) is 3.63. The molecule has 1 N–H and O–H groups in total. The number of amides is 2. The quantitative estimate of drug-likeness (QED) is 0.823. The van der Waals surface area contributed by atoms with Crippen molar-refractivity contribution >= 4 is 11.7 Å². The van der Waals surface area contributed by atoms with E-state index >= 15 is 0 Å². The van der Waals surface area contributed by atoms with Gasteiger partial charge in [0.25, 0.3) is 0 Å². The molecule has 0 heterocycles. The lowest BCUT2D eigenvalue weighted by molar-refractivity contribution is 0.212. The summed E-state index contributed by atoms with van der Waals surface area (Å²) in [7, 11) is 0. The lowest BCUT2D eigenvalue weighted by Gasteiger charge is -2.21. The number of hydrogen-bond donors (Lipinski definition) is 1. The number of aryl methyl sites for hydroxylation is 1. The van der Waals surface area contributed by atoms with Crippen molar-refractivity contribution in [2.45, 2.75) is 33.2 Å². The Bertz CT molecular complexity index is 578. The fourth-order valence-corrected chi connectivity index (χ4v) is 2.38. The summed E-state index contributed by atoms with van der Waals surface area (Å²) in [6.07, 6.45) is 2.20. The van der Waals surface area contributed by atoms with Gasteiger partial charge in [-0.25, -0.2) is 4.79 Å². The first-order valence-electron chi connectivity index (χ1n) is 7.91. The van der Waals surface area contributed by atoms with Crippen LogP contribution in [0.5, 0.6) is 0 Å². The molecular formula is C19H24N2O. The standard InChI is InChI=1S/C19H24N2O/c1-3-8-16-11-13-18(14-12-16)20-19(22)21(4-2)15-17-9-6-5-7-10-17/h5-7,9-14H,3-4,8,15H2,1-2H3,(H,20,22). The minimum atomic E-state index is -0.0606. The van der Waals surface area contributed by atoms with Crippen LogP contribution in [0.1, 0.15) is 31.4 Å². The van der Waals surface area contributed by atoms with Crippen molar-refractivity contribution < 1.29 is 4.79 Å². The Morgan fingerprint density at radius 3 is 2.23 bits per heavy atom. The minimum absolute atomic E-state index is 0.0606. The average molecular weight is 296 g/mol. The van der Waals surface area contributed by atoms with E-state index < -0.39 is 0 Å². The predicted molar refractivity (Wildman–Crippen MR) is 92.0 cm³/mol. The van der Waals surface area contributed by atoms with Gasteiger partial charge in [-0.05, 0) is 36.6 Å². The molecule has 0 aliphatic heterocycles. The van der Waals surface area contributed by atoms with Crippen molar-refractivity contribution in [3.05, 3.63) is 65.7 Å². The minimum Gasteiger partial charge on any atom is -0.320 e. The molecule has 0 spiro atoms. The van der Waals surface area contributed by atoms with Gasteiger partial charge in [0.15, 0.2) is 0 Å². The van der Waals surface area contributed by atoms with E-state index in [0.717, 1.165) is 24.1 Å². The van der Waals surface area contributed by atoms with Crippen LogP contribution < -0.4 is 5.32 Å². The molecule has 0 saturated heterocycles. The third kappa shape index (κ3) is 4.62. The van der Waals surface area contributed by atoms with Crippen LogP contribution in [0.3, 0.4) is 0 Å². The van der Waals surface area contributed by atoms with Gasteiger partial charge < -0.3 is 10.2 Å². The van der Waals surface area contributed by atoms with Crippen LogP contribution in [-0.4, -0.2) is 17.5 Å². The van der Waals surface area contributed by atoms with E-state index in [2.05, 4.69) is 24.4 Å². The molecule has 0 aromatic heterocycles. The highest BCUT2D eigenvalue weighted by Crippen LogP contribution is 2.13. The molecule has 2 amide bonds. The lowest BCUT2D eigenvalue weighted by Crippen LogP contribution is -2.34. The van der Waals surface area contributed by atoms with Gasteiger partial charge in [0.05, 0.1) is 0 Å². The molecule has 2 aromatic carbocycles. The van der Waals surface area contributed by atoms with E-state index in [0.29, 0.717) is 13.1 Å². The van der Waals surface area contributed by atoms with Gasteiger partial charge in [-0.15, -0.1) is 0 Å². The number of hydrogen-bond acceptors (Lipinski definition) is 1. The number of nitrogens with one attached hydrogen (secondary N) is 1. The molecule has 0 aliphatic carbocycles. The summed E-state index contributed by atoms with van der Waals surface area (Å²) in [5.41, 5.74) is 3.28. The molecule has 2 rings (SSSR count). The predicted octanol–water partition coefficient (Wildman–Crippen LogP) is 4.69. The zero-order valence-corrected chi connectivity index (χ0v) is 13.4. The van der Waals surface area contributed by atoms with Crippen LogP contribution in [0.15, 0.2) is 54.6 Å². The monoisotopic (exact) mass is 296 g/mol. The number of anilines is 1. The van der Waals surface area contributed by atoms with Gasteiger partial charge in [-0.3, -0.25) is 0 Å². The third-order valence-corrected chi connectivity index (χ3v) is 3.63. The van der Waals surface area contributed by atoms with Crippen LogP contribution in [0.4, 0.5) is 10.5 Å². The number of rotatable bonds is 6. The smallest absolute Gasteiger partial charge is 0.320 e. The second-order valence-corrected chi connectivity index (χ2v) is 5.38. The van der Waals surface area contributed by atoms with E-state index in [-0.39, 0.29) is 6.03 Å². The Morgan fingerprint density at radius 1 is 0.955 bits per heavy atom. The molecular weight excluding hydrogens is 272 g/mol. The van der Waals surface area contributed by atoms with E-state index in [1.54, 1.807) is 4.90 Å². The number of benzene rings is 2. The first-order chi connectivity index (χ1) is 10.7. The maximum atomic E-state index is 12.4. The van der Waals surface area contributed by atoms with Crippen LogP contribution in [0, 0.1) is 0 Å². The van der Waals surface area contributed by atoms with Crippen molar-refractivity contribution in [3.8, 4) is 0 Å². The molecule has 0 fully saturated rings. The summed E-state index contributed by atoms with van der Waals surface area (Å²) in [6, 6.07) is 18.1. The van der Waals surface area contributed by atoms with Crippen molar-refractivity contribution in [1.82, 2.24) is 4.90 Å². The summed E-state index contributed by atoms with van der Waals surface area (Å²) < 4.78 is 0. The van der Waals surface area contributed by atoms with Crippen molar-refractivity contribution in [3.63, 3.8) is 0 Å². The van der Waals surface area contributed by atoms with Gasteiger partial charge in [0.2, 0.25) is 0 Å². The molecule has 0 bridgehead atoms. The highest BCUT2D eigenvalue weighted by molar-refractivity contribution is 5.89. The first kappa shape index (κ1) is 16.1. The average Bonchev–Trinajstić information content (AvgIpc) is 2.55. The lowest BCUT2D eigenvalue weighted by atomic mass is 10.1. The topological polar surface area (TPSA) is 32.3 Å². The molecule has 3 heteroatoms. The molecule has 116 valence electrons. The maximum Gasteiger partial charge on any atom is 0.322 e. The molecule has 0 unspecified atom stereocenters. The molecule has 3 nitrogen and oxygen atoms in total. The molecule has 0 radical (unpaired) electrons. The highest BCUT2D eigenvalue weighted by atomic mass is 16.2. The Morgan fingerprint density at radius 2 is 1.64 bits per heavy atom. The second kappa shape index (κ2) is 8.23. The van der Waals surface area contributed by atoms with Crippen molar-refractivity contribution in [2.75, 3.05) is 11.9 Å². The summed E-state index contributed by atoms with van der Waals surface area (Å²) in [5, 5.41) is 2.97. The van der Waals surface area contributed by atoms with Gasteiger partial charge in [-0.1, -0.05) is 55.8 Å². The van der Waals surface area contributed by atoms with Gasteiger partial charge in [0, 0.05) is 18.8 Å². The fourth-order valence-electron chi connectivity index (χ4n) is 2.38. The van der Waals surface area contributed by atoms with E-state index in [1.807, 2.05) is 49.4 Å². The Balaban J connectivity index is 1.96. The van der Waals surface area contributed by atoms with Crippen molar-refractivity contribution in [1.29, 1.82) is 0 Å². The summed E-state index contributed by atoms with van der Waals surface area (Å²) in [5.74, 6) is 0. The summed E-state index contributed by atoms with van der Waals surface area (Å²) in [6.45, 7) is 5.46. The van der Waals surface area contributed by atoms with Gasteiger partial charge >= 0.3 is 6.03 Å². The summed E-state index contributed by atoms with van der Waals surface area (Å²) in [4.78, 5) is 14.2. The molecule has 2 aromatic rings. The Labute approximate surface area is 133 Å². The zero-order chi connectivity index (χ0) is 15.8. The van der Waals surface area contributed by atoms with Crippen LogP contribution in [0.25, 0.3) is 0 Å².